The average Bonchev–Trinajstić information content (AvgIpc) is 2.72. The SMILES string of the molecule is C=COC1COC(c2ccco2)OC1. The highest BCUT2D eigenvalue weighted by Gasteiger charge is 2.25. The molecule has 0 N–H and O–H groups in total. The van der Waals surface area contributed by atoms with Crippen LogP contribution in [0.1, 0.15) is 12.1 Å². The number of hydrogen-bond acceptors (Lipinski definition) is 4. The lowest BCUT2D eigenvalue weighted by molar-refractivity contribution is -0.228. The smallest absolute Gasteiger partial charge is 0.217 e. The zero-order valence-corrected chi connectivity index (χ0v) is 7.72. The summed E-state index contributed by atoms with van der Waals surface area (Å²) in [6.07, 6.45) is 2.51. The maximum Gasteiger partial charge on any atom is 0.217 e. The fourth-order valence-electron chi connectivity index (χ4n) is 1.29. The number of hydrogen-bond donors (Lipinski definition) is 0. The second-order valence-corrected chi connectivity index (χ2v) is 2.94. The molecule has 14 heavy (non-hydrogen) atoms. The molecular formula is C10H12O4. The predicted molar refractivity (Wildman–Crippen MR) is 48.4 cm³/mol. The zero-order valence-electron chi connectivity index (χ0n) is 7.72. The number of furan rings is 1. The van der Waals surface area contributed by atoms with Crippen LogP contribution in [0.4, 0.5) is 0 Å². The van der Waals surface area contributed by atoms with E-state index in [2.05, 4.69) is 6.58 Å². The van der Waals surface area contributed by atoms with E-state index in [1.54, 1.807) is 12.3 Å². The van der Waals surface area contributed by atoms with E-state index in [1.165, 1.54) is 6.26 Å². The molecule has 0 radical (unpaired) electrons. The van der Waals surface area contributed by atoms with Gasteiger partial charge in [-0.1, -0.05) is 6.58 Å². The van der Waals surface area contributed by atoms with Crippen LogP contribution in [0.15, 0.2) is 35.7 Å². The van der Waals surface area contributed by atoms with E-state index in [4.69, 9.17) is 18.6 Å². The Labute approximate surface area is 82.1 Å². The van der Waals surface area contributed by atoms with Crippen LogP contribution in [-0.4, -0.2) is 19.3 Å². The van der Waals surface area contributed by atoms with E-state index >= 15 is 0 Å². The van der Waals surface area contributed by atoms with Crippen LogP contribution in [0.2, 0.25) is 0 Å². The Morgan fingerprint density at radius 2 is 2.21 bits per heavy atom. The predicted octanol–water partition coefficient (Wildman–Crippen LogP) is 1.85. The molecule has 0 aromatic carbocycles. The van der Waals surface area contributed by atoms with Gasteiger partial charge in [0.15, 0.2) is 5.76 Å². The summed E-state index contributed by atoms with van der Waals surface area (Å²) < 4.78 is 21.1. The topological polar surface area (TPSA) is 40.8 Å². The third kappa shape index (κ3) is 1.97. The van der Waals surface area contributed by atoms with Crippen molar-refractivity contribution >= 4 is 0 Å². The number of rotatable bonds is 3. The molecule has 0 aliphatic carbocycles. The van der Waals surface area contributed by atoms with Gasteiger partial charge in [-0.2, -0.15) is 0 Å². The highest BCUT2D eigenvalue weighted by Crippen LogP contribution is 2.23. The Morgan fingerprint density at radius 3 is 2.79 bits per heavy atom. The molecule has 1 fully saturated rings. The van der Waals surface area contributed by atoms with E-state index in [9.17, 15) is 0 Å². The minimum atomic E-state index is -0.408. The lowest BCUT2D eigenvalue weighted by Gasteiger charge is -2.27. The molecule has 2 rings (SSSR count). The first-order valence-electron chi connectivity index (χ1n) is 4.43. The first kappa shape index (κ1) is 9.30. The van der Waals surface area contributed by atoms with E-state index in [0.717, 1.165) is 0 Å². The molecular weight excluding hydrogens is 184 g/mol. The Morgan fingerprint density at radius 1 is 1.43 bits per heavy atom. The van der Waals surface area contributed by atoms with Gasteiger partial charge in [0.1, 0.15) is 6.10 Å². The van der Waals surface area contributed by atoms with Gasteiger partial charge in [-0.15, -0.1) is 0 Å². The van der Waals surface area contributed by atoms with Gasteiger partial charge in [-0.3, -0.25) is 0 Å². The second-order valence-electron chi connectivity index (χ2n) is 2.94. The molecule has 0 spiro atoms. The molecule has 0 bridgehead atoms. The van der Waals surface area contributed by atoms with Crippen molar-refractivity contribution in [2.45, 2.75) is 12.4 Å². The molecule has 4 heteroatoms. The summed E-state index contributed by atoms with van der Waals surface area (Å²) in [5.74, 6) is 0.682. The molecule has 1 saturated heterocycles. The first-order chi connectivity index (χ1) is 6.90. The van der Waals surface area contributed by atoms with Crippen molar-refractivity contribution in [3.05, 3.63) is 37.0 Å². The second kappa shape index (κ2) is 4.30. The third-order valence-electron chi connectivity index (χ3n) is 1.93. The fourth-order valence-corrected chi connectivity index (χ4v) is 1.29. The van der Waals surface area contributed by atoms with E-state index < -0.39 is 6.29 Å². The Hall–Kier alpha value is -1.26. The minimum Gasteiger partial charge on any atom is -0.494 e. The van der Waals surface area contributed by atoms with Gasteiger partial charge in [0.05, 0.1) is 25.7 Å². The largest absolute Gasteiger partial charge is 0.494 e. The Kier molecular flexibility index (Phi) is 2.86. The summed E-state index contributed by atoms with van der Waals surface area (Å²) in [6.45, 7) is 4.44. The third-order valence-corrected chi connectivity index (χ3v) is 1.93. The van der Waals surface area contributed by atoms with E-state index in [1.807, 2.05) is 6.07 Å². The van der Waals surface area contributed by atoms with Crippen molar-refractivity contribution in [2.75, 3.05) is 13.2 Å². The molecule has 1 aliphatic heterocycles. The summed E-state index contributed by atoms with van der Waals surface area (Å²) in [6, 6.07) is 3.62. The minimum absolute atomic E-state index is 0.0706. The maximum absolute atomic E-state index is 5.40. The summed E-state index contributed by atoms with van der Waals surface area (Å²) in [4.78, 5) is 0. The molecule has 4 nitrogen and oxygen atoms in total. The summed E-state index contributed by atoms with van der Waals surface area (Å²) in [5.41, 5.74) is 0. The Balaban J connectivity index is 1.87. The van der Waals surface area contributed by atoms with E-state index in [0.29, 0.717) is 19.0 Å². The summed E-state index contributed by atoms with van der Waals surface area (Å²) in [5, 5.41) is 0. The number of ether oxygens (including phenoxy) is 3. The van der Waals surface area contributed by atoms with Crippen LogP contribution in [-0.2, 0) is 14.2 Å². The van der Waals surface area contributed by atoms with Gasteiger partial charge in [-0.25, -0.2) is 0 Å². The zero-order chi connectivity index (χ0) is 9.80. The van der Waals surface area contributed by atoms with Gasteiger partial charge in [0, 0.05) is 0 Å². The van der Waals surface area contributed by atoms with Crippen molar-refractivity contribution in [3.8, 4) is 0 Å². The van der Waals surface area contributed by atoms with Crippen LogP contribution in [0, 0.1) is 0 Å². The van der Waals surface area contributed by atoms with Crippen molar-refractivity contribution in [1.29, 1.82) is 0 Å². The molecule has 0 saturated carbocycles. The molecule has 1 aliphatic rings. The quantitative estimate of drug-likeness (QED) is 0.692. The van der Waals surface area contributed by atoms with Gasteiger partial charge in [-0.05, 0) is 12.1 Å². The lowest BCUT2D eigenvalue weighted by atomic mass is 10.3. The van der Waals surface area contributed by atoms with Gasteiger partial charge in [0.25, 0.3) is 0 Å². The summed E-state index contributed by atoms with van der Waals surface area (Å²) >= 11 is 0. The van der Waals surface area contributed by atoms with Crippen molar-refractivity contribution < 1.29 is 18.6 Å². The normalized spacial score (nSPS) is 27.1. The van der Waals surface area contributed by atoms with Crippen LogP contribution < -0.4 is 0 Å². The Bertz CT molecular complexity index is 272. The molecule has 0 unspecified atom stereocenters. The maximum atomic E-state index is 5.40. The molecule has 76 valence electrons. The highest BCUT2D eigenvalue weighted by atomic mass is 16.7. The van der Waals surface area contributed by atoms with E-state index in [-0.39, 0.29) is 6.10 Å². The van der Waals surface area contributed by atoms with Gasteiger partial charge < -0.3 is 18.6 Å². The van der Waals surface area contributed by atoms with Crippen LogP contribution in [0.3, 0.4) is 0 Å². The van der Waals surface area contributed by atoms with Gasteiger partial charge >= 0.3 is 0 Å². The van der Waals surface area contributed by atoms with Gasteiger partial charge in [0.2, 0.25) is 6.29 Å². The standard InChI is InChI=1S/C10H12O4/c1-2-11-8-6-13-10(14-7-8)9-4-3-5-12-9/h2-5,8,10H,1,6-7H2. The first-order valence-corrected chi connectivity index (χ1v) is 4.43. The molecule has 1 aromatic heterocycles. The molecule has 0 amide bonds. The van der Waals surface area contributed by atoms with Crippen LogP contribution in [0.25, 0.3) is 0 Å². The molecule has 2 heterocycles. The highest BCUT2D eigenvalue weighted by molar-refractivity contribution is 5.00. The van der Waals surface area contributed by atoms with Crippen molar-refractivity contribution in [1.82, 2.24) is 0 Å². The molecule has 0 atom stereocenters. The lowest BCUT2D eigenvalue weighted by Crippen LogP contribution is -2.32. The average molecular weight is 196 g/mol. The van der Waals surface area contributed by atoms with Crippen molar-refractivity contribution in [3.63, 3.8) is 0 Å². The fraction of sp³-hybridized carbons (Fsp3) is 0.400. The van der Waals surface area contributed by atoms with Crippen LogP contribution >= 0.6 is 0 Å². The molecule has 1 aromatic rings. The van der Waals surface area contributed by atoms with Crippen LogP contribution in [0.5, 0.6) is 0 Å². The van der Waals surface area contributed by atoms with Crippen molar-refractivity contribution in [2.24, 2.45) is 0 Å². The summed E-state index contributed by atoms with van der Waals surface area (Å²) in [7, 11) is 0. The monoisotopic (exact) mass is 196 g/mol.